The van der Waals surface area contributed by atoms with Crippen LogP contribution in [-0.2, 0) is 16.1 Å². The lowest BCUT2D eigenvalue weighted by molar-refractivity contribution is -0.149. The van der Waals surface area contributed by atoms with Crippen LogP contribution < -0.4 is 10.1 Å². The van der Waals surface area contributed by atoms with Crippen LogP contribution in [0.2, 0.25) is 0 Å². The van der Waals surface area contributed by atoms with Crippen LogP contribution in [0.25, 0.3) is 0 Å². The fourth-order valence-corrected chi connectivity index (χ4v) is 3.76. The number of carbonyl (C=O) groups excluding carboxylic acids is 1. The molecule has 2 N–H and O–H groups in total. The summed E-state index contributed by atoms with van der Waals surface area (Å²) in [7, 11) is 0. The Labute approximate surface area is 161 Å². The third-order valence-corrected chi connectivity index (χ3v) is 5.38. The SMILES string of the molecule is O=C(Nc1ccccc1OCCn1ccnc1)N1C[C@@H]2COC[C@]2(C(=O)O)C1. The molecule has 2 aliphatic heterocycles. The number of aliphatic carboxylic acids is 1. The normalized spacial score (nSPS) is 23.4. The lowest BCUT2D eigenvalue weighted by Gasteiger charge is -2.22. The summed E-state index contributed by atoms with van der Waals surface area (Å²) in [5.41, 5.74) is -0.450. The summed E-state index contributed by atoms with van der Waals surface area (Å²) in [6.45, 7) is 2.07. The molecule has 0 saturated carbocycles. The molecule has 2 aliphatic rings. The average Bonchev–Trinajstić information content (AvgIpc) is 3.39. The third kappa shape index (κ3) is 3.40. The number of nitrogens with one attached hydrogen (secondary N) is 1. The Balaban J connectivity index is 1.39. The van der Waals surface area contributed by atoms with E-state index >= 15 is 0 Å². The fourth-order valence-electron chi connectivity index (χ4n) is 3.76. The number of urea groups is 1. The summed E-state index contributed by atoms with van der Waals surface area (Å²) in [5.74, 6) is -0.530. The largest absolute Gasteiger partial charge is 0.490 e. The maximum Gasteiger partial charge on any atom is 0.321 e. The van der Waals surface area contributed by atoms with Gasteiger partial charge in [0.15, 0.2) is 0 Å². The molecular formula is C19H22N4O5. The minimum absolute atomic E-state index is 0.141. The Bertz CT molecular complexity index is 856. The number of ether oxygens (including phenoxy) is 2. The van der Waals surface area contributed by atoms with E-state index in [-0.39, 0.29) is 25.1 Å². The lowest BCUT2D eigenvalue weighted by Crippen LogP contribution is -2.41. The molecule has 2 amide bonds. The van der Waals surface area contributed by atoms with Crippen molar-refractivity contribution in [3.05, 3.63) is 43.0 Å². The second-order valence-corrected chi connectivity index (χ2v) is 7.13. The second-order valence-electron chi connectivity index (χ2n) is 7.13. The highest BCUT2D eigenvalue weighted by Crippen LogP contribution is 2.41. The van der Waals surface area contributed by atoms with E-state index in [4.69, 9.17) is 9.47 Å². The van der Waals surface area contributed by atoms with Crippen molar-refractivity contribution in [3.8, 4) is 5.75 Å². The molecule has 0 aliphatic carbocycles. The van der Waals surface area contributed by atoms with Gasteiger partial charge in [-0.3, -0.25) is 4.79 Å². The smallest absolute Gasteiger partial charge is 0.321 e. The molecule has 0 bridgehead atoms. The molecule has 2 atom stereocenters. The van der Waals surface area contributed by atoms with Crippen molar-refractivity contribution < 1.29 is 24.2 Å². The van der Waals surface area contributed by atoms with E-state index in [1.807, 2.05) is 22.9 Å². The summed E-state index contributed by atoms with van der Waals surface area (Å²) in [6, 6.07) is 6.86. The Kier molecular flexibility index (Phi) is 4.91. The van der Waals surface area contributed by atoms with Crippen molar-refractivity contribution in [2.45, 2.75) is 6.54 Å². The van der Waals surface area contributed by atoms with Crippen LogP contribution in [0.15, 0.2) is 43.0 Å². The van der Waals surface area contributed by atoms with Crippen LogP contribution in [0.1, 0.15) is 0 Å². The molecule has 0 unspecified atom stereocenters. The number of carbonyl (C=O) groups is 2. The van der Waals surface area contributed by atoms with Crippen LogP contribution in [0.5, 0.6) is 5.75 Å². The quantitative estimate of drug-likeness (QED) is 0.780. The van der Waals surface area contributed by atoms with Crippen molar-refractivity contribution in [3.63, 3.8) is 0 Å². The molecule has 0 spiro atoms. The topological polar surface area (TPSA) is 106 Å². The van der Waals surface area contributed by atoms with Crippen molar-refractivity contribution in [2.24, 2.45) is 11.3 Å². The first kappa shape index (κ1) is 18.3. The van der Waals surface area contributed by atoms with E-state index in [9.17, 15) is 14.7 Å². The Hall–Kier alpha value is -3.07. The summed E-state index contributed by atoms with van der Waals surface area (Å²) in [6.07, 6.45) is 5.26. The van der Waals surface area contributed by atoms with E-state index in [0.29, 0.717) is 37.7 Å². The molecular weight excluding hydrogens is 364 g/mol. The Morgan fingerprint density at radius 1 is 1.39 bits per heavy atom. The van der Waals surface area contributed by atoms with Gasteiger partial charge in [0.2, 0.25) is 0 Å². The molecule has 148 valence electrons. The maximum absolute atomic E-state index is 12.7. The molecule has 9 heteroatoms. The van der Waals surface area contributed by atoms with Crippen molar-refractivity contribution in [1.29, 1.82) is 0 Å². The molecule has 1 aromatic heterocycles. The third-order valence-electron chi connectivity index (χ3n) is 5.38. The van der Waals surface area contributed by atoms with Crippen LogP contribution in [0, 0.1) is 11.3 Å². The number of fused-ring (bicyclic) bond motifs is 1. The summed E-state index contributed by atoms with van der Waals surface area (Å²) < 4.78 is 13.1. The second kappa shape index (κ2) is 7.51. The van der Waals surface area contributed by atoms with Crippen molar-refractivity contribution in [2.75, 3.05) is 38.2 Å². The number of aromatic nitrogens is 2. The van der Waals surface area contributed by atoms with Gasteiger partial charge in [0, 0.05) is 31.4 Å². The van der Waals surface area contributed by atoms with Gasteiger partial charge in [0.25, 0.3) is 0 Å². The average molecular weight is 386 g/mol. The highest BCUT2D eigenvalue weighted by molar-refractivity contribution is 5.92. The fraction of sp³-hybridized carbons (Fsp3) is 0.421. The molecule has 2 fully saturated rings. The number of carboxylic acid groups (broad SMARTS) is 1. The Morgan fingerprint density at radius 3 is 3.00 bits per heavy atom. The lowest BCUT2D eigenvalue weighted by atomic mass is 9.81. The molecule has 2 aromatic rings. The standard InChI is InChI=1S/C19H22N4O5/c24-17(25)19-11-23(9-14(19)10-27-12-19)18(26)21-15-3-1-2-4-16(15)28-8-7-22-6-5-20-13-22/h1-6,13-14H,7-12H2,(H,21,26)(H,24,25)/t14-,19-/m1/s1. The molecule has 3 heterocycles. The van der Waals surface area contributed by atoms with E-state index in [1.54, 1.807) is 29.6 Å². The van der Waals surface area contributed by atoms with E-state index in [0.717, 1.165) is 0 Å². The summed E-state index contributed by atoms with van der Waals surface area (Å²) in [4.78, 5) is 30.0. The molecule has 0 radical (unpaired) electrons. The van der Waals surface area contributed by atoms with E-state index in [1.165, 1.54) is 0 Å². The van der Waals surface area contributed by atoms with Gasteiger partial charge in [-0.25, -0.2) is 9.78 Å². The summed E-state index contributed by atoms with van der Waals surface area (Å²) >= 11 is 0. The first-order chi connectivity index (χ1) is 13.6. The zero-order valence-corrected chi connectivity index (χ0v) is 15.3. The van der Waals surface area contributed by atoms with Crippen molar-refractivity contribution in [1.82, 2.24) is 14.5 Å². The van der Waals surface area contributed by atoms with Gasteiger partial charge >= 0.3 is 12.0 Å². The number of anilines is 1. The number of para-hydroxylation sites is 2. The number of imidazole rings is 1. The Morgan fingerprint density at radius 2 is 2.25 bits per heavy atom. The number of carboxylic acids is 1. The number of amides is 2. The highest BCUT2D eigenvalue weighted by atomic mass is 16.5. The van der Waals surface area contributed by atoms with Gasteiger partial charge in [0.05, 0.1) is 31.8 Å². The van der Waals surface area contributed by atoms with Crippen LogP contribution in [0.4, 0.5) is 10.5 Å². The number of hydrogen-bond donors (Lipinski definition) is 2. The predicted octanol–water partition coefficient (Wildman–Crippen LogP) is 1.53. The highest BCUT2D eigenvalue weighted by Gasteiger charge is 2.57. The maximum atomic E-state index is 12.7. The molecule has 9 nitrogen and oxygen atoms in total. The van der Waals surface area contributed by atoms with Gasteiger partial charge in [0.1, 0.15) is 17.8 Å². The number of likely N-dealkylation sites (tertiary alicyclic amines) is 1. The number of nitrogens with zero attached hydrogens (tertiary/aromatic N) is 3. The van der Waals surface area contributed by atoms with Crippen LogP contribution in [0.3, 0.4) is 0 Å². The summed E-state index contributed by atoms with van der Waals surface area (Å²) in [5, 5.41) is 12.5. The van der Waals surface area contributed by atoms with Gasteiger partial charge in [-0.15, -0.1) is 0 Å². The first-order valence-electron chi connectivity index (χ1n) is 9.13. The zero-order chi connectivity index (χ0) is 19.6. The minimum Gasteiger partial charge on any atom is -0.490 e. The number of hydrogen-bond acceptors (Lipinski definition) is 5. The number of rotatable bonds is 6. The minimum atomic E-state index is -1.00. The van der Waals surface area contributed by atoms with Gasteiger partial charge in [-0.05, 0) is 12.1 Å². The van der Waals surface area contributed by atoms with Crippen LogP contribution in [-0.4, -0.2) is 64.5 Å². The van der Waals surface area contributed by atoms with Crippen molar-refractivity contribution >= 4 is 17.7 Å². The molecule has 2 saturated heterocycles. The monoisotopic (exact) mass is 386 g/mol. The van der Waals surface area contributed by atoms with Gasteiger partial charge < -0.3 is 29.4 Å². The molecule has 4 rings (SSSR count). The van der Waals surface area contributed by atoms with Gasteiger partial charge in [-0.2, -0.15) is 0 Å². The van der Waals surface area contributed by atoms with E-state index in [2.05, 4.69) is 10.3 Å². The van der Waals surface area contributed by atoms with Crippen LogP contribution >= 0.6 is 0 Å². The zero-order valence-electron chi connectivity index (χ0n) is 15.3. The predicted molar refractivity (Wildman–Crippen MR) is 99.1 cm³/mol. The van der Waals surface area contributed by atoms with E-state index < -0.39 is 11.4 Å². The van der Waals surface area contributed by atoms with Gasteiger partial charge in [-0.1, -0.05) is 12.1 Å². The first-order valence-corrected chi connectivity index (χ1v) is 9.13. The molecule has 28 heavy (non-hydrogen) atoms. The molecule has 1 aromatic carbocycles. The number of benzene rings is 1.